The number of halogens is 1. The van der Waals surface area contributed by atoms with Gasteiger partial charge in [-0.1, -0.05) is 12.1 Å². The minimum absolute atomic E-state index is 0.221. The minimum Gasteiger partial charge on any atom is -0.495 e. The van der Waals surface area contributed by atoms with E-state index in [-0.39, 0.29) is 5.38 Å². The number of benzene rings is 1. The molecular weight excluding hydrogens is 288 g/mol. The molecule has 0 aliphatic carbocycles. The van der Waals surface area contributed by atoms with Crippen LogP contribution in [0, 0.1) is 6.92 Å². The zero-order valence-electron chi connectivity index (χ0n) is 12.5. The Morgan fingerprint density at radius 1 is 1.29 bits per heavy atom. The molecule has 0 N–H and O–H groups in total. The molecule has 0 amide bonds. The maximum Gasteiger partial charge on any atom is 0.163 e. The van der Waals surface area contributed by atoms with Gasteiger partial charge in [0.1, 0.15) is 17.1 Å². The van der Waals surface area contributed by atoms with E-state index in [1.807, 2.05) is 54.4 Å². The average molecular weight is 305 g/mol. The fraction of sp³-hybridized carbons (Fsp3) is 0.333. The molecule has 0 saturated carbocycles. The van der Waals surface area contributed by atoms with Crippen molar-refractivity contribution in [3.8, 4) is 11.4 Å². The molecule has 0 saturated heterocycles. The summed E-state index contributed by atoms with van der Waals surface area (Å²) in [6, 6.07) is 7.82. The molecule has 1 atom stereocenters. The Hall–Kier alpha value is -2.01. The summed E-state index contributed by atoms with van der Waals surface area (Å²) in [6.45, 7) is 3.86. The van der Waals surface area contributed by atoms with E-state index < -0.39 is 0 Å². The van der Waals surface area contributed by atoms with Crippen LogP contribution in [0.5, 0.6) is 5.75 Å². The number of para-hydroxylation sites is 2. The molecule has 5 nitrogen and oxygen atoms in total. The number of nitrogens with zero attached hydrogens (tertiary/aromatic N) is 4. The van der Waals surface area contributed by atoms with E-state index in [0.29, 0.717) is 0 Å². The van der Waals surface area contributed by atoms with Crippen molar-refractivity contribution < 1.29 is 4.74 Å². The van der Waals surface area contributed by atoms with Crippen LogP contribution >= 0.6 is 11.6 Å². The van der Waals surface area contributed by atoms with Gasteiger partial charge in [0.05, 0.1) is 23.9 Å². The highest BCUT2D eigenvalue weighted by Gasteiger charge is 2.22. The molecule has 2 aromatic heterocycles. The number of hydrogen-bond donors (Lipinski definition) is 0. The molecular formula is C15H17ClN4O. The van der Waals surface area contributed by atoms with Crippen molar-refractivity contribution in [1.82, 2.24) is 19.3 Å². The second-order valence-corrected chi connectivity index (χ2v) is 5.63. The largest absolute Gasteiger partial charge is 0.495 e. The van der Waals surface area contributed by atoms with Crippen molar-refractivity contribution in [3.63, 3.8) is 0 Å². The van der Waals surface area contributed by atoms with Crippen LogP contribution in [0.1, 0.15) is 23.8 Å². The number of rotatable bonds is 3. The number of hydrogen-bond acceptors (Lipinski definition) is 3. The van der Waals surface area contributed by atoms with Crippen molar-refractivity contribution in [3.05, 3.63) is 35.8 Å². The third kappa shape index (κ3) is 2.08. The lowest BCUT2D eigenvalue weighted by Gasteiger charge is -2.14. The van der Waals surface area contributed by atoms with E-state index in [9.17, 15) is 0 Å². The summed E-state index contributed by atoms with van der Waals surface area (Å²) >= 11 is 6.33. The molecule has 0 aliphatic heterocycles. The molecule has 3 rings (SSSR count). The highest BCUT2D eigenvalue weighted by atomic mass is 35.5. The van der Waals surface area contributed by atoms with Crippen molar-refractivity contribution in [2.45, 2.75) is 19.2 Å². The summed E-state index contributed by atoms with van der Waals surface area (Å²) < 4.78 is 9.32. The second-order valence-electron chi connectivity index (χ2n) is 4.97. The third-order valence-electron chi connectivity index (χ3n) is 3.51. The van der Waals surface area contributed by atoms with Crippen molar-refractivity contribution in [2.24, 2.45) is 7.05 Å². The van der Waals surface area contributed by atoms with Crippen molar-refractivity contribution in [1.29, 1.82) is 0 Å². The van der Waals surface area contributed by atoms with Gasteiger partial charge in [-0.3, -0.25) is 4.57 Å². The Bertz CT molecular complexity index is 803. The zero-order valence-corrected chi connectivity index (χ0v) is 13.2. The Morgan fingerprint density at radius 2 is 2.00 bits per heavy atom. The first-order valence-electron chi connectivity index (χ1n) is 6.74. The van der Waals surface area contributed by atoms with E-state index >= 15 is 0 Å². The van der Waals surface area contributed by atoms with Gasteiger partial charge < -0.3 is 4.74 Å². The van der Waals surface area contributed by atoms with Crippen LogP contribution in [0.25, 0.3) is 16.9 Å². The molecule has 3 aromatic rings. The summed E-state index contributed by atoms with van der Waals surface area (Å²) in [5, 5.41) is 4.22. The van der Waals surface area contributed by atoms with Gasteiger partial charge in [0.25, 0.3) is 0 Å². The zero-order chi connectivity index (χ0) is 15.1. The average Bonchev–Trinajstić information content (AvgIpc) is 2.98. The Balaban J connectivity index is 2.42. The molecule has 6 heteroatoms. The van der Waals surface area contributed by atoms with Crippen molar-refractivity contribution in [2.75, 3.05) is 7.11 Å². The van der Waals surface area contributed by atoms with E-state index in [1.165, 1.54) is 0 Å². The Labute approximate surface area is 128 Å². The quantitative estimate of drug-likeness (QED) is 0.697. The molecule has 110 valence electrons. The van der Waals surface area contributed by atoms with E-state index in [2.05, 4.69) is 10.1 Å². The number of methoxy groups -OCH3 is 1. The number of aryl methyl sites for hydroxylation is 2. The summed E-state index contributed by atoms with van der Waals surface area (Å²) in [5.41, 5.74) is 3.58. The normalized spacial score (nSPS) is 12.8. The maximum atomic E-state index is 6.33. The van der Waals surface area contributed by atoms with Crippen LogP contribution in [0.2, 0.25) is 0 Å². The van der Waals surface area contributed by atoms with E-state index in [0.717, 1.165) is 34.1 Å². The van der Waals surface area contributed by atoms with Crippen LogP contribution in [0.3, 0.4) is 0 Å². The second kappa shape index (κ2) is 5.07. The van der Waals surface area contributed by atoms with Gasteiger partial charge in [-0.2, -0.15) is 5.10 Å². The summed E-state index contributed by atoms with van der Waals surface area (Å²) in [5.74, 6) is 1.56. The molecule has 1 aromatic carbocycles. The predicted octanol–water partition coefficient (Wildman–Crippen LogP) is 3.38. The molecule has 0 spiro atoms. The van der Waals surface area contributed by atoms with Crippen molar-refractivity contribution >= 4 is 22.8 Å². The highest BCUT2D eigenvalue weighted by Crippen LogP contribution is 2.33. The summed E-state index contributed by atoms with van der Waals surface area (Å²) in [4.78, 5) is 4.68. The van der Waals surface area contributed by atoms with Crippen LogP contribution in [-0.4, -0.2) is 26.4 Å². The fourth-order valence-electron chi connectivity index (χ4n) is 2.61. The minimum atomic E-state index is -0.221. The topological polar surface area (TPSA) is 44.9 Å². The van der Waals surface area contributed by atoms with Crippen LogP contribution in [0.4, 0.5) is 0 Å². The number of imidazole rings is 1. The standard InChI is InChI=1S/C15H17ClN4O/c1-9(16)14-17-13-10(2)18-19(3)15(13)20(14)11-7-5-6-8-12(11)21-4/h5-9H,1-4H3. The van der Waals surface area contributed by atoms with E-state index in [4.69, 9.17) is 16.3 Å². The number of fused-ring (bicyclic) bond motifs is 1. The third-order valence-corrected chi connectivity index (χ3v) is 3.71. The molecule has 0 radical (unpaired) electrons. The predicted molar refractivity (Wildman–Crippen MR) is 83.4 cm³/mol. The van der Waals surface area contributed by atoms with Gasteiger partial charge in [-0.15, -0.1) is 11.6 Å². The first-order chi connectivity index (χ1) is 10.0. The van der Waals surface area contributed by atoms with Gasteiger partial charge in [-0.25, -0.2) is 9.67 Å². The van der Waals surface area contributed by atoms with Gasteiger partial charge >= 0.3 is 0 Å². The molecule has 0 bridgehead atoms. The lowest BCUT2D eigenvalue weighted by molar-refractivity contribution is 0.412. The number of ether oxygens (including phenoxy) is 1. The van der Waals surface area contributed by atoms with Gasteiger partial charge in [0.15, 0.2) is 5.65 Å². The van der Waals surface area contributed by atoms with Crippen LogP contribution in [-0.2, 0) is 7.05 Å². The molecule has 2 heterocycles. The van der Waals surface area contributed by atoms with Gasteiger partial charge in [0, 0.05) is 7.05 Å². The summed E-state index contributed by atoms with van der Waals surface area (Å²) in [7, 11) is 3.57. The lowest BCUT2D eigenvalue weighted by Crippen LogP contribution is -2.07. The molecule has 21 heavy (non-hydrogen) atoms. The lowest BCUT2D eigenvalue weighted by atomic mass is 10.2. The smallest absolute Gasteiger partial charge is 0.163 e. The van der Waals surface area contributed by atoms with Gasteiger partial charge in [0.2, 0.25) is 0 Å². The molecule has 0 aliphatic rings. The first-order valence-corrected chi connectivity index (χ1v) is 7.17. The fourth-order valence-corrected chi connectivity index (χ4v) is 2.75. The maximum absolute atomic E-state index is 6.33. The highest BCUT2D eigenvalue weighted by molar-refractivity contribution is 6.20. The SMILES string of the molecule is COc1ccccc1-n1c(C(C)Cl)nc2c(C)nn(C)c21. The summed E-state index contributed by atoms with van der Waals surface area (Å²) in [6.07, 6.45) is 0. The first kappa shape index (κ1) is 13.9. The molecule has 1 unspecified atom stereocenters. The number of aromatic nitrogens is 4. The van der Waals surface area contributed by atoms with Crippen LogP contribution < -0.4 is 4.74 Å². The Kier molecular flexibility index (Phi) is 3.37. The monoisotopic (exact) mass is 304 g/mol. The molecule has 0 fully saturated rings. The number of alkyl halides is 1. The van der Waals surface area contributed by atoms with Crippen LogP contribution in [0.15, 0.2) is 24.3 Å². The van der Waals surface area contributed by atoms with E-state index in [1.54, 1.807) is 7.11 Å². The van der Waals surface area contributed by atoms with Gasteiger partial charge in [-0.05, 0) is 26.0 Å². The Morgan fingerprint density at radius 3 is 2.67 bits per heavy atom.